The molecule has 2 rings (SSSR count). The first-order chi connectivity index (χ1) is 7.53. The summed E-state index contributed by atoms with van der Waals surface area (Å²) < 4.78 is 31.3. The van der Waals surface area contributed by atoms with Crippen LogP contribution in [0.5, 0.6) is 0 Å². The molecule has 94 valence electrons. The highest BCUT2D eigenvalue weighted by Gasteiger charge is 2.37. The molecule has 0 radical (unpaired) electrons. The molecule has 16 heavy (non-hydrogen) atoms. The third kappa shape index (κ3) is 2.74. The monoisotopic (exact) mass is 248 g/mol. The molecule has 5 nitrogen and oxygen atoms in total. The maximum atomic E-state index is 12.1. The number of nitrogens with two attached hydrogens (primary N) is 1. The van der Waals surface area contributed by atoms with E-state index in [0.717, 1.165) is 12.8 Å². The summed E-state index contributed by atoms with van der Waals surface area (Å²) in [6, 6.07) is -0.0634. The molecule has 1 aliphatic carbocycles. The predicted molar refractivity (Wildman–Crippen MR) is 61.5 cm³/mol. The lowest BCUT2D eigenvalue weighted by Crippen LogP contribution is -2.53. The molecule has 1 saturated carbocycles. The van der Waals surface area contributed by atoms with E-state index in [-0.39, 0.29) is 12.1 Å². The normalized spacial score (nSPS) is 32.9. The van der Waals surface area contributed by atoms with E-state index in [9.17, 15) is 8.42 Å². The van der Waals surface area contributed by atoms with Gasteiger partial charge in [0, 0.05) is 19.1 Å². The number of rotatable bonds is 4. The summed E-state index contributed by atoms with van der Waals surface area (Å²) in [5.41, 5.74) is 5.52. The predicted octanol–water partition coefficient (Wildman–Crippen LogP) is -0.226. The van der Waals surface area contributed by atoms with Crippen LogP contribution in [-0.4, -0.2) is 50.3 Å². The minimum Gasteiger partial charge on any atom is -0.374 e. The lowest BCUT2D eigenvalue weighted by atomic mass is 10.2. The lowest BCUT2D eigenvalue weighted by Gasteiger charge is -2.36. The van der Waals surface area contributed by atoms with E-state index in [0.29, 0.717) is 31.4 Å². The van der Waals surface area contributed by atoms with Gasteiger partial charge in [-0.2, -0.15) is 4.31 Å². The zero-order valence-corrected chi connectivity index (χ0v) is 10.4. The Balaban J connectivity index is 2.04. The van der Waals surface area contributed by atoms with Crippen molar-refractivity contribution in [1.29, 1.82) is 0 Å². The molecule has 0 amide bonds. The van der Waals surface area contributed by atoms with E-state index < -0.39 is 10.0 Å². The van der Waals surface area contributed by atoms with Gasteiger partial charge in [0.2, 0.25) is 10.0 Å². The molecule has 2 aliphatic rings. The molecule has 2 N–H and O–H groups in total. The van der Waals surface area contributed by atoms with Crippen LogP contribution in [0.1, 0.15) is 19.8 Å². The van der Waals surface area contributed by atoms with Crippen molar-refractivity contribution in [2.45, 2.75) is 31.9 Å². The van der Waals surface area contributed by atoms with Gasteiger partial charge in [-0.15, -0.1) is 0 Å². The Bertz CT molecular complexity index is 340. The first-order valence-corrected chi connectivity index (χ1v) is 7.45. The topological polar surface area (TPSA) is 72.6 Å². The standard InChI is InChI=1S/C10H20N2O3S/c1-8-6-15-10(4-11)5-12(8)16(13,14)7-9-2-3-9/h8-10H,2-7,11H2,1H3. The van der Waals surface area contributed by atoms with Crippen molar-refractivity contribution in [1.82, 2.24) is 4.31 Å². The van der Waals surface area contributed by atoms with Gasteiger partial charge in [-0.1, -0.05) is 0 Å². The molecule has 2 fully saturated rings. The van der Waals surface area contributed by atoms with Crippen LogP contribution in [0.25, 0.3) is 0 Å². The molecule has 0 bridgehead atoms. The van der Waals surface area contributed by atoms with Gasteiger partial charge in [0.1, 0.15) is 0 Å². The van der Waals surface area contributed by atoms with E-state index in [1.807, 2.05) is 6.92 Å². The Morgan fingerprint density at radius 1 is 1.44 bits per heavy atom. The molecule has 1 heterocycles. The molecule has 6 heteroatoms. The molecule has 0 aromatic rings. The quantitative estimate of drug-likeness (QED) is 0.746. The third-order valence-corrected chi connectivity index (χ3v) is 5.33. The van der Waals surface area contributed by atoms with Crippen LogP contribution >= 0.6 is 0 Å². The number of hydrogen-bond acceptors (Lipinski definition) is 4. The van der Waals surface area contributed by atoms with Gasteiger partial charge in [-0.3, -0.25) is 0 Å². The fraction of sp³-hybridized carbons (Fsp3) is 1.00. The van der Waals surface area contributed by atoms with Gasteiger partial charge in [-0.25, -0.2) is 8.42 Å². The van der Waals surface area contributed by atoms with E-state index in [4.69, 9.17) is 10.5 Å². The average Bonchev–Trinajstić information content (AvgIpc) is 3.01. The molecule has 2 atom stereocenters. The van der Waals surface area contributed by atoms with E-state index in [1.165, 1.54) is 0 Å². The van der Waals surface area contributed by atoms with Crippen LogP contribution in [0.4, 0.5) is 0 Å². The fourth-order valence-corrected chi connectivity index (χ4v) is 4.12. The fourth-order valence-electron chi connectivity index (χ4n) is 2.00. The van der Waals surface area contributed by atoms with Crippen LogP contribution in [0.15, 0.2) is 0 Å². The summed E-state index contributed by atoms with van der Waals surface area (Å²) in [5, 5.41) is 0. The lowest BCUT2D eigenvalue weighted by molar-refractivity contribution is -0.0219. The van der Waals surface area contributed by atoms with Crippen LogP contribution < -0.4 is 5.73 Å². The van der Waals surface area contributed by atoms with Crippen LogP contribution in [0.2, 0.25) is 0 Å². The van der Waals surface area contributed by atoms with Gasteiger partial charge in [0.05, 0.1) is 18.5 Å². The minimum absolute atomic E-state index is 0.0634. The Hall–Kier alpha value is -0.170. The van der Waals surface area contributed by atoms with E-state index in [2.05, 4.69) is 0 Å². The highest BCUT2D eigenvalue weighted by Crippen LogP contribution is 2.32. The summed E-state index contributed by atoms with van der Waals surface area (Å²) in [4.78, 5) is 0. The zero-order chi connectivity index (χ0) is 11.8. The summed E-state index contributed by atoms with van der Waals surface area (Å²) >= 11 is 0. The number of sulfonamides is 1. The second-order valence-electron chi connectivity index (χ2n) is 4.83. The highest BCUT2D eigenvalue weighted by atomic mass is 32.2. The van der Waals surface area contributed by atoms with Crippen molar-refractivity contribution < 1.29 is 13.2 Å². The summed E-state index contributed by atoms with van der Waals surface area (Å²) in [6.07, 6.45) is 1.96. The molecule has 0 aromatic heterocycles. The molecule has 1 aliphatic heterocycles. The maximum absolute atomic E-state index is 12.1. The van der Waals surface area contributed by atoms with Crippen LogP contribution in [0, 0.1) is 5.92 Å². The second-order valence-corrected chi connectivity index (χ2v) is 6.80. The first-order valence-electron chi connectivity index (χ1n) is 5.84. The minimum atomic E-state index is -3.11. The van der Waals surface area contributed by atoms with Crippen molar-refractivity contribution in [3.63, 3.8) is 0 Å². The molecular formula is C10H20N2O3S. The Kier molecular flexibility index (Phi) is 3.53. The van der Waals surface area contributed by atoms with Gasteiger partial charge in [-0.05, 0) is 25.7 Å². The Morgan fingerprint density at radius 2 is 2.12 bits per heavy atom. The summed E-state index contributed by atoms with van der Waals surface area (Å²) in [5.74, 6) is 0.686. The van der Waals surface area contributed by atoms with Crippen molar-refractivity contribution in [3.8, 4) is 0 Å². The van der Waals surface area contributed by atoms with Crippen LogP contribution in [0.3, 0.4) is 0 Å². The maximum Gasteiger partial charge on any atom is 0.214 e. The van der Waals surface area contributed by atoms with Gasteiger partial charge in [0.25, 0.3) is 0 Å². The van der Waals surface area contributed by atoms with E-state index in [1.54, 1.807) is 4.31 Å². The second kappa shape index (κ2) is 4.60. The Labute approximate surface area is 97.0 Å². The Morgan fingerprint density at radius 3 is 2.69 bits per heavy atom. The van der Waals surface area contributed by atoms with Gasteiger partial charge >= 0.3 is 0 Å². The number of hydrogen-bond donors (Lipinski definition) is 1. The molecular weight excluding hydrogens is 228 g/mol. The van der Waals surface area contributed by atoms with Crippen molar-refractivity contribution in [2.75, 3.05) is 25.4 Å². The van der Waals surface area contributed by atoms with Crippen molar-refractivity contribution >= 4 is 10.0 Å². The number of morpholine rings is 1. The first kappa shape index (κ1) is 12.3. The largest absolute Gasteiger partial charge is 0.374 e. The SMILES string of the molecule is CC1COC(CN)CN1S(=O)(=O)CC1CC1. The van der Waals surface area contributed by atoms with Crippen molar-refractivity contribution in [3.05, 3.63) is 0 Å². The molecule has 2 unspecified atom stereocenters. The number of nitrogens with zero attached hydrogens (tertiary/aromatic N) is 1. The average molecular weight is 248 g/mol. The van der Waals surface area contributed by atoms with Crippen LogP contribution in [-0.2, 0) is 14.8 Å². The van der Waals surface area contributed by atoms with Crippen molar-refractivity contribution in [2.24, 2.45) is 11.7 Å². The summed E-state index contributed by atoms with van der Waals surface area (Å²) in [7, 11) is -3.11. The number of ether oxygens (including phenoxy) is 1. The summed E-state index contributed by atoms with van der Waals surface area (Å²) in [6.45, 7) is 3.12. The van der Waals surface area contributed by atoms with Gasteiger partial charge in [0.15, 0.2) is 0 Å². The van der Waals surface area contributed by atoms with Gasteiger partial charge < -0.3 is 10.5 Å². The molecule has 0 aromatic carbocycles. The molecule has 1 saturated heterocycles. The zero-order valence-electron chi connectivity index (χ0n) is 9.63. The third-order valence-electron chi connectivity index (χ3n) is 3.21. The molecule has 0 spiro atoms. The van der Waals surface area contributed by atoms with E-state index >= 15 is 0 Å². The smallest absolute Gasteiger partial charge is 0.214 e. The highest BCUT2D eigenvalue weighted by molar-refractivity contribution is 7.89.